The molecule has 0 bridgehead atoms. The van der Waals surface area contributed by atoms with Gasteiger partial charge in [0.1, 0.15) is 5.69 Å². The van der Waals surface area contributed by atoms with Crippen LogP contribution < -0.4 is 0 Å². The van der Waals surface area contributed by atoms with Gasteiger partial charge in [-0.25, -0.2) is 4.79 Å². The van der Waals surface area contributed by atoms with E-state index in [4.69, 9.17) is 4.74 Å². The molecule has 90 valence electrons. The molecule has 3 rings (SSSR count). The van der Waals surface area contributed by atoms with E-state index in [0.29, 0.717) is 12.2 Å². The van der Waals surface area contributed by atoms with Crippen molar-refractivity contribution in [1.82, 2.24) is 4.57 Å². The first-order valence-corrected chi connectivity index (χ1v) is 6.55. The van der Waals surface area contributed by atoms with Crippen molar-refractivity contribution in [3.63, 3.8) is 0 Å². The minimum atomic E-state index is -0.869. The SMILES string of the molecule is O=C(O)c1cc2sccc2n1C[C@H]1CCCO1. The van der Waals surface area contributed by atoms with Crippen LogP contribution in [0.2, 0.25) is 0 Å². The summed E-state index contributed by atoms with van der Waals surface area (Å²) in [5.74, 6) is -0.869. The van der Waals surface area contributed by atoms with E-state index in [1.807, 2.05) is 16.0 Å². The summed E-state index contributed by atoms with van der Waals surface area (Å²) in [6, 6.07) is 3.72. The quantitative estimate of drug-likeness (QED) is 0.912. The van der Waals surface area contributed by atoms with E-state index in [1.165, 1.54) is 0 Å². The van der Waals surface area contributed by atoms with Crippen LogP contribution in [0, 0.1) is 0 Å². The highest BCUT2D eigenvalue weighted by Gasteiger charge is 2.21. The molecule has 3 heterocycles. The number of ether oxygens (including phenoxy) is 1. The maximum absolute atomic E-state index is 11.2. The number of thiophene rings is 1. The molecule has 0 aromatic carbocycles. The molecule has 1 aliphatic rings. The monoisotopic (exact) mass is 251 g/mol. The Hall–Kier alpha value is -1.33. The average molecular weight is 251 g/mol. The lowest BCUT2D eigenvalue weighted by molar-refractivity contribution is 0.0672. The van der Waals surface area contributed by atoms with E-state index in [1.54, 1.807) is 17.4 Å². The number of hydrogen-bond donors (Lipinski definition) is 1. The second-order valence-electron chi connectivity index (χ2n) is 4.25. The lowest BCUT2D eigenvalue weighted by Gasteiger charge is -2.13. The number of carboxylic acids is 1. The first-order chi connectivity index (χ1) is 8.25. The molecule has 2 aromatic heterocycles. The van der Waals surface area contributed by atoms with Gasteiger partial charge in [0, 0.05) is 13.2 Å². The van der Waals surface area contributed by atoms with Crippen LogP contribution in [-0.2, 0) is 11.3 Å². The summed E-state index contributed by atoms with van der Waals surface area (Å²) >= 11 is 1.57. The third-order valence-electron chi connectivity index (χ3n) is 3.15. The molecule has 5 heteroatoms. The predicted molar refractivity (Wildman–Crippen MR) is 65.7 cm³/mol. The van der Waals surface area contributed by atoms with Gasteiger partial charge in [0.25, 0.3) is 0 Å². The smallest absolute Gasteiger partial charge is 0.352 e. The summed E-state index contributed by atoms with van der Waals surface area (Å²) in [5, 5.41) is 11.2. The minimum Gasteiger partial charge on any atom is -0.477 e. The Morgan fingerprint density at radius 2 is 2.53 bits per heavy atom. The minimum absolute atomic E-state index is 0.156. The highest BCUT2D eigenvalue weighted by molar-refractivity contribution is 7.17. The molecule has 0 spiro atoms. The van der Waals surface area contributed by atoms with Crippen molar-refractivity contribution in [2.24, 2.45) is 0 Å². The summed E-state index contributed by atoms with van der Waals surface area (Å²) in [6.45, 7) is 1.43. The molecule has 4 nitrogen and oxygen atoms in total. The Labute approximate surface area is 102 Å². The van der Waals surface area contributed by atoms with Crippen molar-refractivity contribution in [2.75, 3.05) is 6.61 Å². The number of nitrogens with zero attached hydrogens (tertiary/aromatic N) is 1. The number of fused-ring (bicyclic) bond motifs is 1. The largest absolute Gasteiger partial charge is 0.477 e. The Kier molecular flexibility index (Phi) is 2.64. The van der Waals surface area contributed by atoms with Gasteiger partial charge in [-0.15, -0.1) is 11.3 Å². The van der Waals surface area contributed by atoms with Crippen LogP contribution >= 0.6 is 11.3 Å². The maximum Gasteiger partial charge on any atom is 0.352 e. The fraction of sp³-hybridized carbons (Fsp3) is 0.417. The maximum atomic E-state index is 11.2. The van der Waals surface area contributed by atoms with E-state index in [2.05, 4.69) is 0 Å². The molecule has 1 N–H and O–H groups in total. The number of rotatable bonds is 3. The molecule has 0 unspecified atom stereocenters. The van der Waals surface area contributed by atoms with Crippen LogP contribution in [0.4, 0.5) is 0 Å². The van der Waals surface area contributed by atoms with Crippen LogP contribution in [0.1, 0.15) is 23.3 Å². The van der Waals surface area contributed by atoms with Gasteiger partial charge in [0.05, 0.1) is 16.3 Å². The van der Waals surface area contributed by atoms with Crippen LogP contribution in [-0.4, -0.2) is 28.4 Å². The van der Waals surface area contributed by atoms with Gasteiger partial charge in [-0.05, 0) is 30.4 Å². The van der Waals surface area contributed by atoms with Gasteiger partial charge in [0.15, 0.2) is 0 Å². The lowest BCUT2D eigenvalue weighted by Crippen LogP contribution is -2.18. The van der Waals surface area contributed by atoms with E-state index in [9.17, 15) is 9.90 Å². The van der Waals surface area contributed by atoms with Crippen molar-refractivity contribution in [1.29, 1.82) is 0 Å². The summed E-state index contributed by atoms with van der Waals surface area (Å²) in [7, 11) is 0. The number of carbonyl (C=O) groups is 1. The molecule has 0 radical (unpaired) electrons. The Balaban J connectivity index is 2.01. The van der Waals surface area contributed by atoms with Crippen molar-refractivity contribution in [2.45, 2.75) is 25.5 Å². The van der Waals surface area contributed by atoms with Crippen LogP contribution in [0.3, 0.4) is 0 Å². The molecule has 2 aromatic rings. The molecule has 1 fully saturated rings. The van der Waals surface area contributed by atoms with Crippen LogP contribution in [0.5, 0.6) is 0 Å². The van der Waals surface area contributed by atoms with Crippen molar-refractivity contribution < 1.29 is 14.6 Å². The molecule has 17 heavy (non-hydrogen) atoms. The van der Waals surface area contributed by atoms with E-state index in [0.717, 1.165) is 29.7 Å². The topological polar surface area (TPSA) is 51.5 Å². The van der Waals surface area contributed by atoms with Gasteiger partial charge >= 0.3 is 5.97 Å². The van der Waals surface area contributed by atoms with Crippen molar-refractivity contribution in [3.8, 4) is 0 Å². The number of hydrogen-bond acceptors (Lipinski definition) is 3. The molecular formula is C12H13NO3S. The normalized spacial score (nSPS) is 20.1. The fourth-order valence-corrected chi connectivity index (χ4v) is 3.17. The molecule has 1 aliphatic heterocycles. The molecule has 1 saturated heterocycles. The van der Waals surface area contributed by atoms with Gasteiger partial charge in [0.2, 0.25) is 0 Å². The Bertz CT molecular complexity index is 551. The van der Waals surface area contributed by atoms with E-state index >= 15 is 0 Å². The van der Waals surface area contributed by atoms with E-state index in [-0.39, 0.29) is 6.10 Å². The van der Waals surface area contributed by atoms with E-state index < -0.39 is 5.97 Å². The van der Waals surface area contributed by atoms with Gasteiger partial charge in [-0.1, -0.05) is 0 Å². The van der Waals surface area contributed by atoms with Gasteiger partial charge < -0.3 is 14.4 Å². The number of aromatic carboxylic acids is 1. The summed E-state index contributed by atoms with van der Waals surface area (Å²) in [5.41, 5.74) is 1.37. The zero-order chi connectivity index (χ0) is 11.8. The van der Waals surface area contributed by atoms with Gasteiger partial charge in [-0.3, -0.25) is 0 Å². The third kappa shape index (κ3) is 1.85. The highest BCUT2D eigenvalue weighted by Crippen LogP contribution is 2.27. The Morgan fingerprint density at radius 1 is 1.65 bits per heavy atom. The first kappa shape index (κ1) is 10.8. The zero-order valence-electron chi connectivity index (χ0n) is 9.26. The predicted octanol–water partition coefficient (Wildman–Crippen LogP) is 2.58. The zero-order valence-corrected chi connectivity index (χ0v) is 10.1. The lowest BCUT2D eigenvalue weighted by atomic mass is 10.2. The van der Waals surface area contributed by atoms with Gasteiger partial charge in [-0.2, -0.15) is 0 Å². The number of aromatic nitrogens is 1. The molecule has 0 saturated carbocycles. The average Bonchev–Trinajstić information content (AvgIpc) is 2.96. The summed E-state index contributed by atoms with van der Waals surface area (Å²) < 4.78 is 8.47. The third-order valence-corrected chi connectivity index (χ3v) is 4.01. The Morgan fingerprint density at radius 3 is 3.24 bits per heavy atom. The van der Waals surface area contributed by atoms with Crippen molar-refractivity contribution >= 4 is 27.5 Å². The second-order valence-corrected chi connectivity index (χ2v) is 5.20. The highest BCUT2D eigenvalue weighted by atomic mass is 32.1. The van der Waals surface area contributed by atoms with Crippen LogP contribution in [0.15, 0.2) is 17.5 Å². The number of carboxylic acid groups (broad SMARTS) is 1. The molecule has 0 aliphatic carbocycles. The molecule has 0 amide bonds. The summed E-state index contributed by atoms with van der Waals surface area (Å²) in [6.07, 6.45) is 2.24. The fourth-order valence-electron chi connectivity index (χ4n) is 2.34. The van der Waals surface area contributed by atoms with Crippen molar-refractivity contribution in [3.05, 3.63) is 23.2 Å². The van der Waals surface area contributed by atoms with Crippen LogP contribution in [0.25, 0.3) is 10.2 Å². The first-order valence-electron chi connectivity index (χ1n) is 5.67. The summed E-state index contributed by atoms with van der Waals surface area (Å²) in [4.78, 5) is 11.2. The standard InChI is InChI=1S/C12H13NO3S/c14-12(15)10-6-11-9(3-5-17-11)13(10)7-8-2-1-4-16-8/h3,5-6,8H,1-2,4,7H2,(H,14,15)/t8-/m1/s1. The molecular weight excluding hydrogens is 238 g/mol. The molecule has 1 atom stereocenters. The second kappa shape index (κ2) is 4.16.